The first-order chi connectivity index (χ1) is 13.3. The molecule has 2 aromatic rings. The predicted molar refractivity (Wildman–Crippen MR) is 104 cm³/mol. The van der Waals surface area contributed by atoms with Gasteiger partial charge in [0.15, 0.2) is 0 Å². The van der Waals surface area contributed by atoms with Gasteiger partial charge in [0.2, 0.25) is 10.9 Å². The Hall–Kier alpha value is -2.37. The second-order valence-electron chi connectivity index (χ2n) is 6.13. The van der Waals surface area contributed by atoms with Crippen LogP contribution in [-0.2, 0) is 10.0 Å². The van der Waals surface area contributed by atoms with Crippen molar-refractivity contribution in [2.24, 2.45) is 0 Å². The van der Waals surface area contributed by atoms with Crippen LogP contribution in [0.25, 0.3) is 0 Å². The smallest absolute Gasteiger partial charge is 0.258 e. The summed E-state index contributed by atoms with van der Waals surface area (Å²) in [6.07, 6.45) is 1.05. The van der Waals surface area contributed by atoms with Crippen molar-refractivity contribution >= 4 is 38.1 Å². The molecule has 11 heteroatoms. The first kappa shape index (κ1) is 20.4. The predicted octanol–water partition coefficient (Wildman–Crippen LogP) is 2.27. The molecule has 0 aliphatic carbocycles. The van der Waals surface area contributed by atoms with Gasteiger partial charge in [-0.15, -0.1) is 0 Å². The third kappa shape index (κ3) is 3.77. The number of halogens is 2. The molecule has 0 bridgehead atoms. The Kier molecular flexibility index (Phi) is 5.77. The van der Waals surface area contributed by atoms with E-state index in [0.717, 1.165) is 27.9 Å². The molecule has 2 heterocycles. The molecule has 1 aliphatic rings. The molecule has 28 heavy (non-hydrogen) atoms. The number of anilines is 2. The lowest BCUT2D eigenvalue weighted by atomic mass is 10.1. The maximum Gasteiger partial charge on any atom is 0.258 e. The highest BCUT2D eigenvalue weighted by Crippen LogP contribution is 2.35. The van der Waals surface area contributed by atoms with Gasteiger partial charge in [-0.1, -0.05) is 24.0 Å². The van der Waals surface area contributed by atoms with Crippen molar-refractivity contribution in [3.05, 3.63) is 52.3 Å². The molecule has 1 aliphatic heterocycles. The molecule has 1 aromatic heterocycles. The number of hydrogen-bond donors (Lipinski definition) is 2. The van der Waals surface area contributed by atoms with Gasteiger partial charge in [0, 0.05) is 5.41 Å². The lowest BCUT2D eigenvalue weighted by Crippen LogP contribution is -2.45. The van der Waals surface area contributed by atoms with Crippen LogP contribution in [0.1, 0.15) is 28.1 Å². The number of benzene rings is 1. The van der Waals surface area contributed by atoms with Gasteiger partial charge in [0.05, 0.1) is 11.6 Å². The molecular weight excluding hydrogens is 410 g/mol. The highest BCUT2D eigenvalue weighted by molar-refractivity contribution is 7.95. The summed E-state index contributed by atoms with van der Waals surface area (Å²) in [6.45, 7) is 4.57. The quantitative estimate of drug-likeness (QED) is 0.684. The first-order valence-electron chi connectivity index (χ1n) is 8.39. The maximum absolute atomic E-state index is 14.0. The normalized spacial score (nSPS) is 15.4. The molecule has 0 unspecified atom stereocenters. The Morgan fingerprint density at radius 3 is 2.50 bits per heavy atom. The summed E-state index contributed by atoms with van der Waals surface area (Å²) >= 11 is 0.683. The second-order valence-corrected chi connectivity index (χ2v) is 8.86. The topological polar surface area (TPSA) is 105 Å². The van der Waals surface area contributed by atoms with Crippen LogP contribution in [-0.4, -0.2) is 38.3 Å². The highest BCUT2D eigenvalue weighted by atomic mass is 32.2. The van der Waals surface area contributed by atoms with Crippen LogP contribution in [0.15, 0.2) is 30.2 Å². The summed E-state index contributed by atoms with van der Waals surface area (Å²) in [6, 6.07) is 2.65. The molecule has 1 saturated heterocycles. The standard InChI is InChI=1S/C17H18F2N4O3S2/c1-2-28(25,26)23(10-6-8-21-9-7-10)17-22-16(20)15(27-17)14(24)13-11(18)4-3-5-12(13)19/h2-5,10,21H,1,6-9,20H2. The van der Waals surface area contributed by atoms with Gasteiger partial charge in [-0.05, 0) is 38.1 Å². The highest BCUT2D eigenvalue weighted by Gasteiger charge is 2.34. The fourth-order valence-corrected chi connectivity index (χ4v) is 5.38. The number of nitrogens with one attached hydrogen (secondary N) is 1. The average Bonchev–Trinajstić information content (AvgIpc) is 3.03. The Bertz CT molecular complexity index is 997. The van der Waals surface area contributed by atoms with Crippen molar-refractivity contribution in [3.63, 3.8) is 0 Å². The molecular formula is C17H18F2N4O3S2. The number of nitrogens with zero attached hydrogens (tertiary/aromatic N) is 2. The maximum atomic E-state index is 14.0. The number of nitrogen functional groups attached to an aromatic ring is 1. The number of carbonyl (C=O) groups excluding carboxylic acids is 1. The third-order valence-corrected chi connectivity index (χ3v) is 6.98. The Morgan fingerprint density at radius 2 is 1.93 bits per heavy atom. The molecule has 0 spiro atoms. The number of nitrogens with two attached hydrogens (primary N) is 1. The minimum Gasteiger partial charge on any atom is -0.382 e. The summed E-state index contributed by atoms with van der Waals surface area (Å²) in [5.74, 6) is -3.34. The summed E-state index contributed by atoms with van der Waals surface area (Å²) in [4.78, 5) is 16.4. The minimum atomic E-state index is -3.92. The number of ketones is 1. The molecule has 3 rings (SSSR count). The number of piperidine rings is 1. The van der Waals surface area contributed by atoms with Crippen LogP contribution in [0.4, 0.5) is 19.7 Å². The van der Waals surface area contributed by atoms with E-state index in [4.69, 9.17) is 5.73 Å². The van der Waals surface area contributed by atoms with Crippen LogP contribution in [0.5, 0.6) is 0 Å². The van der Waals surface area contributed by atoms with Crippen LogP contribution < -0.4 is 15.4 Å². The van der Waals surface area contributed by atoms with Crippen LogP contribution in [0, 0.1) is 11.6 Å². The lowest BCUT2D eigenvalue weighted by Gasteiger charge is -2.32. The van der Waals surface area contributed by atoms with E-state index in [1.165, 1.54) is 0 Å². The second kappa shape index (κ2) is 7.94. The van der Waals surface area contributed by atoms with E-state index in [9.17, 15) is 22.0 Å². The van der Waals surface area contributed by atoms with Gasteiger partial charge >= 0.3 is 0 Å². The van der Waals surface area contributed by atoms with Crippen LogP contribution >= 0.6 is 11.3 Å². The van der Waals surface area contributed by atoms with Gasteiger partial charge in [0.25, 0.3) is 10.0 Å². The first-order valence-corrected chi connectivity index (χ1v) is 10.7. The van der Waals surface area contributed by atoms with Crippen molar-refractivity contribution < 1.29 is 22.0 Å². The molecule has 0 amide bonds. The van der Waals surface area contributed by atoms with Crippen molar-refractivity contribution in [1.82, 2.24) is 10.3 Å². The molecule has 1 aromatic carbocycles. The van der Waals surface area contributed by atoms with E-state index in [-0.39, 0.29) is 15.8 Å². The van der Waals surface area contributed by atoms with Crippen molar-refractivity contribution in [1.29, 1.82) is 0 Å². The fraction of sp³-hybridized carbons (Fsp3) is 0.294. The Labute approximate surface area is 164 Å². The van der Waals surface area contributed by atoms with E-state index in [1.807, 2.05) is 0 Å². The molecule has 0 saturated carbocycles. The Balaban J connectivity index is 2.06. The summed E-state index contributed by atoms with van der Waals surface area (Å²) in [5, 5.41) is 3.89. The number of thiazole rings is 1. The largest absolute Gasteiger partial charge is 0.382 e. The third-order valence-electron chi connectivity index (χ3n) is 4.35. The monoisotopic (exact) mass is 428 g/mol. The molecule has 7 nitrogen and oxygen atoms in total. The number of sulfonamides is 1. The van der Waals surface area contributed by atoms with E-state index < -0.39 is 39.0 Å². The molecule has 0 radical (unpaired) electrons. The van der Waals surface area contributed by atoms with Crippen LogP contribution in [0.3, 0.4) is 0 Å². The SMILES string of the molecule is C=CS(=O)(=O)N(c1nc(N)c(C(=O)c2c(F)cccc2F)s1)C1CCNCC1. The van der Waals surface area contributed by atoms with E-state index in [2.05, 4.69) is 16.9 Å². The number of carbonyl (C=O) groups is 1. The van der Waals surface area contributed by atoms with Gasteiger partial charge in [-0.2, -0.15) is 0 Å². The number of hydrogen-bond acceptors (Lipinski definition) is 7. The van der Waals surface area contributed by atoms with Crippen molar-refractivity contribution in [3.8, 4) is 0 Å². The summed E-state index contributed by atoms with van der Waals surface area (Å²) in [5.41, 5.74) is 5.05. The summed E-state index contributed by atoms with van der Waals surface area (Å²) in [7, 11) is -3.92. The Morgan fingerprint density at radius 1 is 1.32 bits per heavy atom. The van der Waals surface area contributed by atoms with Crippen molar-refractivity contribution in [2.75, 3.05) is 23.1 Å². The lowest BCUT2D eigenvalue weighted by molar-refractivity contribution is 0.103. The van der Waals surface area contributed by atoms with Gasteiger partial charge in [-0.25, -0.2) is 26.5 Å². The van der Waals surface area contributed by atoms with Gasteiger partial charge in [-0.3, -0.25) is 4.79 Å². The zero-order valence-corrected chi connectivity index (χ0v) is 16.3. The minimum absolute atomic E-state index is 0.0376. The average molecular weight is 428 g/mol. The van der Waals surface area contributed by atoms with E-state index in [0.29, 0.717) is 37.3 Å². The zero-order valence-electron chi connectivity index (χ0n) is 14.7. The number of aromatic nitrogens is 1. The molecule has 3 N–H and O–H groups in total. The molecule has 1 fully saturated rings. The summed E-state index contributed by atoms with van der Waals surface area (Å²) < 4.78 is 54.2. The number of rotatable bonds is 6. The van der Waals surface area contributed by atoms with Crippen LogP contribution in [0.2, 0.25) is 0 Å². The van der Waals surface area contributed by atoms with Gasteiger partial charge in [0.1, 0.15) is 22.3 Å². The fourth-order valence-electron chi connectivity index (χ4n) is 3.00. The zero-order chi connectivity index (χ0) is 20.5. The molecule has 150 valence electrons. The van der Waals surface area contributed by atoms with E-state index in [1.54, 1.807) is 0 Å². The van der Waals surface area contributed by atoms with E-state index >= 15 is 0 Å². The van der Waals surface area contributed by atoms with Crippen molar-refractivity contribution in [2.45, 2.75) is 18.9 Å². The van der Waals surface area contributed by atoms with Gasteiger partial charge < -0.3 is 11.1 Å². The molecule has 0 atom stereocenters.